The molecule has 0 radical (unpaired) electrons. The molecule has 1 aliphatic carbocycles. The van der Waals surface area contributed by atoms with Crippen molar-refractivity contribution in [3.63, 3.8) is 0 Å². The van der Waals surface area contributed by atoms with E-state index in [-0.39, 0.29) is 0 Å². The molecule has 1 saturated carbocycles. The summed E-state index contributed by atoms with van der Waals surface area (Å²) in [5, 5.41) is 3.67. The third-order valence-electron chi connectivity index (χ3n) is 5.62. The van der Waals surface area contributed by atoms with E-state index in [1.54, 1.807) is 0 Å². The van der Waals surface area contributed by atoms with Crippen LogP contribution in [0.1, 0.15) is 48.9 Å². The van der Waals surface area contributed by atoms with Crippen LogP contribution < -0.4 is 11.1 Å². The van der Waals surface area contributed by atoms with E-state index in [9.17, 15) is 0 Å². The zero-order valence-corrected chi connectivity index (χ0v) is 14.4. The van der Waals surface area contributed by atoms with Gasteiger partial charge in [-0.2, -0.15) is 0 Å². The summed E-state index contributed by atoms with van der Waals surface area (Å²) in [4.78, 5) is 2.90. The summed E-state index contributed by atoms with van der Waals surface area (Å²) >= 11 is 1.92. The fraction of sp³-hybridized carbons (Fsp3) is 0.765. The smallest absolute Gasteiger partial charge is 0.0300 e. The molecular formula is C17H30N2S. The Morgan fingerprint density at radius 1 is 1.35 bits per heavy atom. The van der Waals surface area contributed by atoms with Gasteiger partial charge in [0.05, 0.1) is 0 Å². The number of nitrogens with one attached hydrogen (secondary N) is 1. The molecule has 0 spiro atoms. The Kier molecular flexibility index (Phi) is 4.93. The van der Waals surface area contributed by atoms with Crippen molar-refractivity contribution in [1.82, 2.24) is 5.32 Å². The minimum atomic E-state index is 0.339. The summed E-state index contributed by atoms with van der Waals surface area (Å²) in [6.07, 6.45) is 2.43. The summed E-state index contributed by atoms with van der Waals surface area (Å²) in [6, 6.07) is 2.70. The predicted octanol–water partition coefficient (Wildman–Crippen LogP) is 3.85. The topological polar surface area (TPSA) is 38.0 Å². The SMILES string of the molecule is Cc1cc(CNCC2CCC(N)C(C)C2(C)C)sc1C. The maximum absolute atomic E-state index is 6.24. The van der Waals surface area contributed by atoms with Gasteiger partial charge in [-0.05, 0) is 62.1 Å². The molecule has 0 amide bonds. The van der Waals surface area contributed by atoms with Crippen molar-refractivity contribution in [2.75, 3.05) is 6.54 Å². The molecule has 0 aliphatic heterocycles. The summed E-state index contributed by atoms with van der Waals surface area (Å²) in [6.45, 7) is 13.6. The van der Waals surface area contributed by atoms with Gasteiger partial charge < -0.3 is 11.1 Å². The van der Waals surface area contributed by atoms with Crippen LogP contribution in [0.4, 0.5) is 0 Å². The maximum atomic E-state index is 6.24. The van der Waals surface area contributed by atoms with E-state index < -0.39 is 0 Å². The molecule has 0 aromatic carbocycles. The molecule has 3 N–H and O–H groups in total. The molecule has 0 saturated heterocycles. The van der Waals surface area contributed by atoms with E-state index in [0.29, 0.717) is 17.4 Å². The Morgan fingerprint density at radius 2 is 2.05 bits per heavy atom. The van der Waals surface area contributed by atoms with Gasteiger partial charge in [-0.1, -0.05) is 20.8 Å². The third-order valence-corrected chi connectivity index (χ3v) is 6.78. The Labute approximate surface area is 128 Å². The molecule has 2 rings (SSSR count). The van der Waals surface area contributed by atoms with Gasteiger partial charge >= 0.3 is 0 Å². The lowest BCUT2D eigenvalue weighted by molar-refractivity contribution is 0.0539. The number of thiophene rings is 1. The second-order valence-corrected chi connectivity index (χ2v) is 8.47. The second kappa shape index (κ2) is 6.17. The first-order chi connectivity index (χ1) is 9.32. The molecule has 0 bridgehead atoms. The third kappa shape index (κ3) is 3.26. The van der Waals surface area contributed by atoms with Crippen LogP contribution in [0.5, 0.6) is 0 Å². The fourth-order valence-corrected chi connectivity index (χ4v) is 4.43. The molecule has 20 heavy (non-hydrogen) atoms. The lowest BCUT2D eigenvalue weighted by Gasteiger charge is -2.47. The van der Waals surface area contributed by atoms with E-state index in [4.69, 9.17) is 5.73 Å². The van der Waals surface area contributed by atoms with Gasteiger partial charge in [0.25, 0.3) is 0 Å². The number of rotatable bonds is 4. The summed E-state index contributed by atoms with van der Waals surface area (Å²) in [5.74, 6) is 1.34. The van der Waals surface area contributed by atoms with Crippen LogP contribution in [0.3, 0.4) is 0 Å². The normalized spacial score (nSPS) is 29.6. The first-order valence-electron chi connectivity index (χ1n) is 7.84. The lowest BCUT2D eigenvalue weighted by atomic mass is 9.61. The summed E-state index contributed by atoms with van der Waals surface area (Å²) < 4.78 is 0. The largest absolute Gasteiger partial charge is 0.327 e. The Morgan fingerprint density at radius 3 is 2.65 bits per heavy atom. The standard InChI is InChI=1S/C17H30N2S/c1-11-8-15(20-13(11)3)10-19-9-14-6-7-16(18)12(2)17(14,4)5/h8,12,14,16,19H,6-7,9-10,18H2,1-5H3. The van der Waals surface area contributed by atoms with Crippen LogP contribution in [0, 0.1) is 31.1 Å². The minimum Gasteiger partial charge on any atom is -0.327 e. The molecule has 3 atom stereocenters. The molecule has 1 fully saturated rings. The second-order valence-electron chi connectivity index (χ2n) is 7.13. The molecule has 1 aromatic heterocycles. The van der Waals surface area contributed by atoms with E-state index in [0.717, 1.165) is 19.0 Å². The van der Waals surface area contributed by atoms with Crippen LogP contribution in [0.2, 0.25) is 0 Å². The minimum absolute atomic E-state index is 0.339. The highest BCUT2D eigenvalue weighted by molar-refractivity contribution is 7.12. The van der Waals surface area contributed by atoms with Gasteiger partial charge in [0.2, 0.25) is 0 Å². The van der Waals surface area contributed by atoms with E-state index >= 15 is 0 Å². The van der Waals surface area contributed by atoms with Gasteiger partial charge in [-0.25, -0.2) is 0 Å². The number of hydrogen-bond acceptors (Lipinski definition) is 3. The number of aryl methyl sites for hydroxylation is 2. The molecule has 1 aliphatic rings. The van der Waals surface area contributed by atoms with Crippen molar-refractivity contribution in [2.45, 2.75) is 60.0 Å². The van der Waals surface area contributed by atoms with Gasteiger partial charge in [0.1, 0.15) is 0 Å². The molecule has 2 nitrogen and oxygen atoms in total. The molecule has 3 unspecified atom stereocenters. The van der Waals surface area contributed by atoms with Gasteiger partial charge in [0.15, 0.2) is 0 Å². The van der Waals surface area contributed by atoms with Crippen molar-refractivity contribution in [3.05, 3.63) is 21.4 Å². The summed E-state index contributed by atoms with van der Waals surface area (Å²) in [5.41, 5.74) is 8.00. The number of hydrogen-bond donors (Lipinski definition) is 2. The van der Waals surface area contributed by atoms with Crippen molar-refractivity contribution in [3.8, 4) is 0 Å². The zero-order chi connectivity index (χ0) is 14.9. The first kappa shape index (κ1) is 16.0. The molecule has 114 valence electrons. The van der Waals surface area contributed by atoms with E-state index in [2.05, 4.69) is 46.0 Å². The van der Waals surface area contributed by atoms with Gasteiger partial charge in [-0.15, -0.1) is 11.3 Å². The van der Waals surface area contributed by atoms with Crippen LogP contribution in [0.15, 0.2) is 6.07 Å². The van der Waals surface area contributed by atoms with E-state index in [1.165, 1.54) is 28.2 Å². The highest BCUT2D eigenvalue weighted by Gasteiger charge is 2.41. The monoisotopic (exact) mass is 294 g/mol. The Balaban J connectivity index is 1.87. The van der Waals surface area contributed by atoms with Crippen molar-refractivity contribution in [2.24, 2.45) is 23.0 Å². The lowest BCUT2D eigenvalue weighted by Crippen LogP contribution is -2.49. The van der Waals surface area contributed by atoms with Crippen LogP contribution in [-0.4, -0.2) is 12.6 Å². The quantitative estimate of drug-likeness (QED) is 0.885. The number of nitrogens with two attached hydrogens (primary N) is 1. The predicted molar refractivity (Wildman–Crippen MR) is 89.1 cm³/mol. The van der Waals surface area contributed by atoms with Crippen molar-refractivity contribution in [1.29, 1.82) is 0 Å². The highest BCUT2D eigenvalue weighted by atomic mass is 32.1. The molecule has 1 heterocycles. The fourth-order valence-electron chi connectivity index (χ4n) is 3.41. The first-order valence-corrected chi connectivity index (χ1v) is 8.66. The van der Waals surface area contributed by atoms with Gasteiger partial charge in [0, 0.05) is 22.3 Å². The Hall–Kier alpha value is -0.380. The average molecular weight is 295 g/mol. The Bertz CT molecular complexity index is 430. The highest BCUT2D eigenvalue weighted by Crippen LogP contribution is 2.43. The maximum Gasteiger partial charge on any atom is 0.0300 e. The van der Waals surface area contributed by atoms with Crippen LogP contribution in [-0.2, 0) is 6.54 Å². The van der Waals surface area contributed by atoms with E-state index in [1.807, 2.05) is 11.3 Å². The van der Waals surface area contributed by atoms with Gasteiger partial charge in [-0.3, -0.25) is 0 Å². The van der Waals surface area contributed by atoms with Crippen molar-refractivity contribution < 1.29 is 0 Å². The van der Waals surface area contributed by atoms with Crippen LogP contribution >= 0.6 is 11.3 Å². The summed E-state index contributed by atoms with van der Waals surface area (Å²) in [7, 11) is 0. The molecule has 3 heteroatoms. The zero-order valence-electron chi connectivity index (χ0n) is 13.6. The molecule has 1 aromatic rings. The van der Waals surface area contributed by atoms with Crippen LogP contribution in [0.25, 0.3) is 0 Å². The average Bonchev–Trinajstić information content (AvgIpc) is 2.69. The van der Waals surface area contributed by atoms with Crippen molar-refractivity contribution >= 4 is 11.3 Å². The molecular weight excluding hydrogens is 264 g/mol.